The van der Waals surface area contributed by atoms with E-state index in [2.05, 4.69) is 27.0 Å². The number of halogens is 1. The first-order valence-electron chi connectivity index (χ1n) is 4.92. The van der Waals surface area contributed by atoms with E-state index < -0.39 is 0 Å². The van der Waals surface area contributed by atoms with Gasteiger partial charge >= 0.3 is 0 Å². The molecule has 3 aromatic heterocycles. The third-order valence-electron chi connectivity index (χ3n) is 2.45. The predicted molar refractivity (Wildman–Crippen MR) is 65.3 cm³/mol. The number of aromatic nitrogens is 2. The highest BCUT2D eigenvalue weighted by Gasteiger charge is 2.14. The van der Waals surface area contributed by atoms with Crippen LogP contribution in [-0.4, -0.2) is 9.38 Å². The Balaban J connectivity index is 2.34. The van der Waals surface area contributed by atoms with E-state index in [1.54, 1.807) is 6.07 Å². The Bertz CT molecular complexity index is 736. The summed E-state index contributed by atoms with van der Waals surface area (Å²) in [6.45, 7) is 0. The summed E-state index contributed by atoms with van der Waals surface area (Å²) in [5, 5.41) is 9.04. The summed E-state index contributed by atoms with van der Waals surface area (Å²) in [6, 6.07) is 11.3. The van der Waals surface area contributed by atoms with Crippen LogP contribution in [0.4, 0.5) is 0 Å². The second-order valence-corrected chi connectivity index (χ2v) is 4.24. The molecule has 0 saturated heterocycles. The first-order valence-corrected chi connectivity index (χ1v) is 5.72. The van der Waals surface area contributed by atoms with Crippen molar-refractivity contribution in [1.82, 2.24) is 9.38 Å². The number of hydrogen-bond donors (Lipinski definition) is 0. The molecule has 17 heavy (non-hydrogen) atoms. The minimum atomic E-state index is 0.396. The van der Waals surface area contributed by atoms with Gasteiger partial charge in [-0.3, -0.25) is 4.40 Å². The van der Waals surface area contributed by atoms with Crippen LogP contribution in [0.5, 0.6) is 0 Å². The molecular weight excluding hydrogens is 282 g/mol. The van der Waals surface area contributed by atoms with Gasteiger partial charge in [0.1, 0.15) is 6.07 Å². The van der Waals surface area contributed by atoms with Crippen molar-refractivity contribution in [3.63, 3.8) is 0 Å². The van der Waals surface area contributed by atoms with Gasteiger partial charge in [-0.25, -0.2) is 4.98 Å². The van der Waals surface area contributed by atoms with E-state index in [0.29, 0.717) is 21.9 Å². The number of pyridine rings is 1. The number of furan rings is 1. The highest BCUT2D eigenvalue weighted by Crippen LogP contribution is 2.26. The summed E-state index contributed by atoms with van der Waals surface area (Å²) in [4.78, 5) is 4.28. The van der Waals surface area contributed by atoms with E-state index in [1.807, 2.05) is 34.9 Å². The van der Waals surface area contributed by atoms with Crippen LogP contribution in [0.2, 0.25) is 0 Å². The number of imidazole rings is 1. The summed E-state index contributed by atoms with van der Waals surface area (Å²) in [5.41, 5.74) is 1.17. The molecule has 82 valence electrons. The Morgan fingerprint density at radius 3 is 2.88 bits per heavy atom. The molecule has 0 saturated carbocycles. The van der Waals surface area contributed by atoms with E-state index in [4.69, 9.17) is 9.68 Å². The molecule has 0 aliphatic rings. The van der Waals surface area contributed by atoms with Gasteiger partial charge in [0.25, 0.3) is 0 Å². The highest BCUT2D eigenvalue weighted by molar-refractivity contribution is 9.10. The van der Waals surface area contributed by atoms with Gasteiger partial charge in [0.15, 0.2) is 21.9 Å². The van der Waals surface area contributed by atoms with Gasteiger partial charge in [0, 0.05) is 6.20 Å². The second-order valence-electron chi connectivity index (χ2n) is 3.46. The molecule has 0 spiro atoms. The maximum atomic E-state index is 9.04. The van der Waals surface area contributed by atoms with Gasteiger partial charge in [-0.05, 0) is 40.2 Å². The molecule has 0 N–H and O–H groups in total. The normalized spacial score (nSPS) is 10.6. The summed E-state index contributed by atoms with van der Waals surface area (Å²) in [6.07, 6.45) is 1.86. The van der Waals surface area contributed by atoms with Crippen molar-refractivity contribution in [3.05, 3.63) is 46.9 Å². The van der Waals surface area contributed by atoms with Gasteiger partial charge in [0.05, 0.1) is 5.52 Å². The molecule has 5 heteroatoms. The van der Waals surface area contributed by atoms with Crippen molar-refractivity contribution in [2.75, 3.05) is 0 Å². The molecule has 0 fully saturated rings. The molecule has 4 nitrogen and oxygen atoms in total. The molecule has 3 rings (SSSR count). The minimum absolute atomic E-state index is 0.396. The average molecular weight is 288 g/mol. The van der Waals surface area contributed by atoms with Crippen LogP contribution < -0.4 is 0 Å². The zero-order valence-corrected chi connectivity index (χ0v) is 10.2. The number of fused-ring (bicyclic) bond motifs is 1. The van der Waals surface area contributed by atoms with Gasteiger partial charge < -0.3 is 4.42 Å². The second kappa shape index (κ2) is 3.75. The lowest BCUT2D eigenvalue weighted by Crippen LogP contribution is -1.86. The Morgan fingerprint density at radius 2 is 2.18 bits per heavy atom. The Morgan fingerprint density at radius 1 is 1.29 bits per heavy atom. The molecule has 3 heterocycles. The van der Waals surface area contributed by atoms with Crippen molar-refractivity contribution >= 4 is 21.4 Å². The summed E-state index contributed by atoms with van der Waals surface area (Å²) >= 11 is 3.25. The summed E-state index contributed by atoms with van der Waals surface area (Å²) in [7, 11) is 0. The topological polar surface area (TPSA) is 54.2 Å². The standard InChI is InChI=1S/C12H6BrN3O/c13-11-5-4-10(17-11)12-15-8(7-14)9-3-1-2-6-16(9)12/h1-6H. The van der Waals surface area contributed by atoms with Crippen molar-refractivity contribution in [1.29, 1.82) is 5.26 Å². The van der Waals surface area contributed by atoms with Gasteiger partial charge in [-0.1, -0.05) is 6.07 Å². The Hall–Kier alpha value is -2.06. The van der Waals surface area contributed by atoms with Gasteiger partial charge in [0.2, 0.25) is 0 Å². The molecule has 0 unspecified atom stereocenters. The lowest BCUT2D eigenvalue weighted by atomic mass is 10.3. The molecule has 0 aliphatic carbocycles. The molecule has 0 atom stereocenters. The zero-order chi connectivity index (χ0) is 11.8. The number of nitrogens with zero attached hydrogens (tertiary/aromatic N) is 3. The largest absolute Gasteiger partial charge is 0.446 e. The van der Waals surface area contributed by atoms with Crippen LogP contribution in [-0.2, 0) is 0 Å². The van der Waals surface area contributed by atoms with Crippen LogP contribution >= 0.6 is 15.9 Å². The molecular formula is C12H6BrN3O. The van der Waals surface area contributed by atoms with Crippen LogP contribution in [0.25, 0.3) is 17.1 Å². The number of nitriles is 1. The van der Waals surface area contributed by atoms with E-state index in [0.717, 1.165) is 5.52 Å². The fourth-order valence-electron chi connectivity index (χ4n) is 1.73. The van der Waals surface area contributed by atoms with Crippen molar-refractivity contribution in [3.8, 4) is 17.7 Å². The SMILES string of the molecule is N#Cc1nc(-c2ccc(Br)o2)n2ccccc12. The van der Waals surface area contributed by atoms with Gasteiger partial charge in [-0.2, -0.15) is 5.26 Å². The lowest BCUT2D eigenvalue weighted by molar-refractivity contribution is 0.551. The number of hydrogen-bond acceptors (Lipinski definition) is 3. The monoisotopic (exact) mass is 287 g/mol. The number of rotatable bonds is 1. The third kappa shape index (κ3) is 1.54. The van der Waals surface area contributed by atoms with E-state index in [1.165, 1.54) is 0 Å². The molecule has 0 aliphatic heterocycles. The fraction of sp³-hybridized carbons (Fsp3) is 0. The Labute approximate surface area is 105 Å². The molecule has 0 radical (unpaired) electrons. The van der Waals surface area contributed by atoms with Crippen LogP contribution in [0.3, 0.4) is 0 Å². The minimum Gasteiger partial charge on any atom is -0.446 e. The first kappa shape index (κ1) is 10.1. The first-order chi connectivity index (χ1) is 8.29. The van der Waals surface area contributed by atoms with E-state index in [-0.39, 0.29) is 0 Å². The van der Waals surface area contributed by atoms with Crippen LogP contribution in [0.1, 0.15) is 5.69 Å². The van der Waals surface area contributed by atoms with Crippen molar-refractivity contribution in [2.24, 2.45) is 0 Å². The quantitative estimate of drug-likeness (QED) is 0.690. The van der Waals surface area contributed by atoms with Crippen LogP contribution in [0, 0.1) is 11.3 Å². The average Bonchev–Trinajstić information content (AvgIpc) is 2.92. The van der Waals surface area contributed by atoms with Crippen LogP contribution in [0.15, 0.2) is 45.6 Å². The molecule has 0 amide bonds. The predicted octanol–water partition coefficient (Wildman–Crippen LogP) is 3.23. The Kier molecular flexibility index (Phi) is 2.23. The smallest absolute Gasteiger partial charge is 0.182 e. The van der Waals surface area contributed by atoms with E-state index >= 15 is 0 Å². The zero-order valence-electron chi connectivity index (χ0n) is 8.59. The highest BCUT2D eigenvalue weighted by atomic mass is 79.9. The maximum absolute atomic E-state index is 9.04. The summed E-state index contributed by atoms with van der Waals surface area (Å²) in [5.74, 6) is 1.25. The van der Waals surface area contributed by atoms with Crippen molar-refractivity contribution in [2.45, 2.75) is 0 Å². The lowest BCUT2D eigenvalue weighted by Gasteiger charge is -1.96. The maximum Gasteiger partial charge on any atom is 0.182 e. The van der Waals surface area contributed by atoms with Gasteiger partial charge in [-0.15, -0.1) is 0 Å². The molecule has 0 aromatic carbocycles. The molecule has 3 aromatic rings. The summed E-state index contributed by atoms with van der Waals surface area (Å²) < 4.78 is 7.93. The van der Waals surface area contributed by atoms with E-state index in [9.17, 15) is 0 Å². The molecule has 0 bridgehead atoms. The van der Waals surface area contributed by atoms with Crippen molar-refractivity contribution < 1.29 is 4.42 Å². The third-order valence-corrected chi connectivity index (χ3v) is 2.87. The fourth-order valence-corrected chi connectivity index (χ4v) is 2.03.